The van der Waals surface area contributed by atoms with Crippen LogP contribution in [0.2, 0.25) is 0 Å². The Balaban J connectivity index is 1.43. The van der Waals surface area contributed by atoms with Crippen LogP contribution in [0, 0.1) is 29.5 Å². The van der Waals surface area contributed by atoms with E-state index in [0.29, 0.717) is 11.5 Å². The summed E-state index contributed by atoms with van der Waals surface area (Å²) in [5, 5.41) is 0. The summed E-state index contributed by atoms with van der Waals surface area (Å²) < 4.78 is 54.5. The van der Waals surface area contributed by atoms with E-state index in [2.05, 4.69) is 35.6 Å². The third kappa shape index (κ3) is 6.10. The van der Waals surface area contributed by atoms with Crippen LogP contribution in [0.15, 0.2) is 36.4 Å². The van der Waals surface area contributed by atoms with Crippen molar-refractivity contribution in [2.45, 2.75) is 77.0 Å². The van der Waals surface area contributed by atoms with Gasteiger partial charge in [-0.3, -0.25) is 0 Å². The van der Waals surface area contributed by atoms with Gasteiger partial charge in [0.2, 0.25) is 0 Å². The van der Waals surface area contributed by atoms with Crippen molar-refractivity contribution >= 4 is 0 Å². The molecule has 2 aliphatic rings. The predicted molar refractivity (Wildman–Crippen MR) is 122 cm³/mol. The van der Waals surface area contributed by atoms with Crippen LogP contribution in [0.1, 0.15) is 86.5 Å². The molecule has 0 bridgehead atoms. The second kappa shape index (κ2) is 10.2. The monoisotopic (exact) mass is 458 g/mol. The van der Waals surface area contributed by atoms with Crippen molar-refractivity contribution in [3.8, 4) is 17.6 Å². The van der Waals surface area contributed by atoms with Crippen molar-refractivity contribution in [1.29, 1.82) is 0 Å². The summed E-state index contributed by atoms with van der Waals surface area (Å²) in [5.74, 6) is 6.28. The van der Waals surface area contributed by atoms with Gasteiger partial charge in [0.05, 0.1) is 0 Å². The fourth-order valence-corrected chi connectivity index (χ4v) is 5.57. The van der Waals surface area contributed by atoms with Crippen molar-refractivity contribution in [3.05, 3.63) is 64.5 Å². The van der Waals surface area contributed by atoms with Gasteiger partial charge in [-0.15, -0.1) is 13.2 Å². The molecule has 3 atom stereocenters. The molecule has 0 amide bonds. The summed E-state index contributed by atoms with van der Waals surface area (Å²) in [6.07, 6.45) is 6.67. The highest BCUT2D eigenvalue weighted by Crippen LogP contribution is 2.48. The Morgan fingerprint density at radius 2 is 1.73 bits per heavy atom. The Morgan fingerprint density at radius 1 is 0.970 bits per heavy atom. The molecule has 0 N–H and O–H groups in total. The van der Waals surface area contributed by atoms with E-state index in [1.54, 1.807) is 0 Å². The van der Waals surface area contributed by atoms with Gasteiger partial charge in [-0.25, -0.2) is 4.39 Å². The molecule has 4 rings (SSSR count). The molecule has 1 saturated carbocycles. The lowest BCUT2D eigenvalue weighted by Crippen LogP contribution is -2.28. The van der Waals surface area contributed by atoms with E-state index in [9.17, 15) is 17.6 Å². The number of ether oxygens (including phenoxy) is 1. The zero-order valence-corrected chi connectivity index (χ0v) is 19.0. The van der Waals surface area contributed by atoms with E-state index >= 15 is 0 Å². The van der Waals surface area contributed by atoms with Crippen molar-refractivity contribution in [2.24, 2.45) is 11.8 Å². The molecule has 2 aromatic rings. The average Bonchev–Trinajstić information content (AvgIpc) is 2.78. The zero-order chi connectivity index (χ0) is 23.4. The Kier molecular flexibility index (Phi) is 7.32. The minimum Gasteiger partial charge on any atom is -0.403 e. The van der Waals surface area contributed by atoms with Crippen molar-refractivity contribution in [2.75, 3.05) is 0 Å². The maximum atomic E-state index is 13.9. The zero-order valence-electron chi connectivity index (χ0n) is 19.0. The lowest BCUT2D eigenvalue weighted by molar-refractivity contribution is -0.275. The van der Waals surface area contributed by atoms with E-state index in [0.717, 1.165) is 36.0 Å². The number of aryl methyl sites for hydroxylation is 1. The predicted octanol–water partition coefficient (Wildman–Crippen LogP) is 8.15. The van der Waals surface area contributed by atoms with Crippen LogP contribution in [0.3, 0.4) is 0 Å². The Hall–Kier alpha value is -2.48. The van der Waals surface area contributed by atoms with Crippen LogP contribution in [0.25, 0.3) is 0 Å². The molecule has 1 fully saturated rings. The first kappa shape index (κ1) is 23.7. The molecule has 0 radical (unpaired) electrons. The lowest BCUT2D eigenvalue weighted by Gasteiger charge is -2.40. The fraction of sp³-hybridized carbons (Fsp3) is 0.500. The van der Waals surface area contributed by atoms with Crippen LogP contribution in [-0.4, -0.2) is 6.36 Å². The minimum atomic E-state index is -4.93. The third-order valence-electron chi connectivity index (χ3n) is 7.14. The lowest BCUT2D eigenvalue weighted by atomic mass is 9.64. The molecule has 176 valence electrons. The molecule has 0 aliphatic heterocycles. The van der Waals surface area contributed by atoms with E-state index in [1.807, 2.05) is 6.07 Å². The highest BCUT2D eigenvalue weighted by atomic mass is 19.4. The Labute approximate surface area is 193 Å². The van der Waals surface area contributed by atoms with E-state index in [-0.39, 0.29) is 0 Å². The standard InChI is InChI=1S/C28H30F4O/c1-2-3-4-5-19-8-13-24-22(16-19)11-12-23-17-20(9-14-25(23)24)6-7-21-10-15-27(26(29)18-21)33-28(30,31)32/h9-10,14-15,17-19,22,24H,2-5,8,11-13,16H2,1H3. The minimum absolute atomic E-state index is 0.307. The first-order chi connectivity index (χ1) is 15.8. The molecule has 1 nitrogen and oxygen atoms in total. The smallest absolute Gasteiger partial charge is 0.403 e. The molecular formula is C28H30F4O. The van der Waals surface area contributed by atoms with Crippen LogP contribution >= 0.6 is 0 Å². The van der Waals surface area contributed by atoms with Gasteiger partial charge in [0.1, 0.15) is 0 Å². The number of hydrogen-bond acceptors (Lipinski definition) is 1. The molecule has 2 aliphatic carbocycles. The number of halogens is 4. The van der Waals surface area contributed by atoms with E-state index < -0.39 is 17.9 Å². The summed E-state index contributed by atoms with van der Waals surface area (Å²) in [5.41, 5.74) is 3.97. The molecule has 0 spiro atoms. The fourth-order valence-electron chi connectivity index (χ4n) is 5.57. The second-order valence-corrected chi connectivity index (χ2v) is 9.44. The van der Waals surface area contributed by atoms with Gasteiger partial charge in [0.15, 0.2) is 11.6 Å². The van der Waals surface area contributed by atoms with Gasteiger partial charge < -0.3 is 4.74 Å². The van der Waals surface area contributed by atoms with Gasteiger partial charge in [-0.1, -0.05) is 50.5 Å². The van der Waals surface area contributed by atoms with Gasteiger partial charge in [-0.2, -0.15) is 0 Å². The highest BCUT2D eigenvalue weighted by Gasteiger charge is 2.35. The quantitative estimate of drug-likeness (QED) is 0.250. The summed E-state index contributed by atoms with van der Waals surface area (Å²) in [6.45, 7) is 2.26. The van der Waals surface area contributed by atoms with Crippen molar-refractivity contribution in [3.63, 3.8) is 0 Å². The van der Waals surface area contributed by atoms with Crippen molar-refractivity contribution in [1.82, 2.24) is 0 Å². The van der Waals surface area contributed by atoms with E-state index in [4.69, 9.17) is 0 Å². The summed E-state index contributed by atoms with van der Waals surface area (Å²) in [4.78, 5) is 0. The number of rotatable bonds is 5. The highest BCUT2D eigenvalue weighted by molar-refractivity contribution is 5.48. The topological polar surface area (TPSA) is 9.23 Å². The molecule has 0 aromatic heterocycles. The molecule has 0 saturated heterocycles. The van der Waals surface area contributed by atoms with Crippen LogP contribution in [-0.2, 0) is 6.42 Å². The molecule has 33 heavy (non-hydrogen) atoms. The number of hydrogen-bond donors (Lipinski definition) is 0. The SMILES string of the molecule is CCCCCC1CCC2c3ccc(C#Cc4ccc(OC(F)(F)F)c(F)c4)cc3CCC2C1. The second-order valence-electron chi connectivity index (χ2n) is 9.44. The first-order valence-electron chi connectivity index (χ1n) is 12.0. The normalized spacial score (nSPS) is 22.0. The maximum absolute atomic E-state index is 13.9. The van der Waals surface area contributed by atoms with Gasteiger partial charge >= 0.3 is 6.36 Å². The molecule has 5 heteroatoms. The van der Waals surface area contributed by atoms with Gasteiger partial charge in [-0.05, 0) is 91.3 Å². The third-order valence-corrected chi connectivity index (χ3v) is 7.14. The Morgan fingerprint density at radius 3 is 2.45 bits per heavy atom. The van der Waals surface area contributed by atoms with Crippen LogP contribution < -0.4 is 4.74 Å². The number of unbranched alkanes of at least 4 members (excludes halogenated alkanes) is 2. The number of alkyl halides is 3. The van der Waals surface area contributed by atoms with E-state index in [1.165, 1.54) is 68.6 Å². The number of benzene rings is 2. The number of fused-ring (bicyclic) bond motifs is 3. The van der Waals surface area contributed by atoms with Gasteiger partial charge in [0.25, 0.3) is 0 Å². The van der Waals surface area contributed by atoms with Crippen LogP contribution in [0.5, 0.6) is 5.75 Å². The van der Waals surface area contributed by atoms with Crippen LogP contribution in [0.4, 0.5) is 17.6 Å². The van der Waals surface area contributed by atoms with Gasteiger partial charge in [0, 0.05) is 11.1 Å². The molecule has 3 unspecified atom stereocenters. The Bertz CT molecular complexity index is 1030. The summed E-state index contributed by atoms with van der Waals surface area (Å²) >= 11 is 0. The first-order valence-corrected chi connectivity index (χ1v) is 12.0. The summed E-state index contributed by atoms with van der Waals surface area (Å²) in [6, 6.07) is 9.60. The van der Waals surface area contributed by atoms with Crippen molar-refractivity contribution < 1.29 is 22.3 Å². The molecule has 0 heterocycles. The molecular weight excluding hydrogens is 428 g/mol. The largest absolute Gasteiger partial charge is 0.573 e. The average molecular weight is 459 g/mol. The summed E-state index contributed by atoms with van der Waals surface area (Å²) in [7, 11) is 0. The maximum Gasteiger partial charge on any atom is 0.573 e. The molecule has 2 aromatic carbocycles.